The van der Waals surface area contributed by atoms with Crippen LogP contribution >= 0.6 is 11.3 Å². The van der Waals surface area contributed by atoms with Gasteiger partial charge in [0.05, 0.1) is 9.80 Å². The number of piperazine rings is 1. The zero-order valence-electron chi connectivity index (χ0n) is 12.6. The molecule has 0 aromatic carbocycles. The molecule has 0 spiro atoms. The Morgan fingerprint density at radius 1 is 1.22 bits per heavy atom. The number of carbonyl (C=O) groups is 1. The molecule has 120 valence electrons. The molecule has 1 fully saturated rings. The largest absolute Gasteiger partial charge is 0.353 e. The topological polar surface area (TPSA) is 79.6 Å². The van der Waals surface area contributed by atoms with E-state index in [4.69, 9.17) is 0 Å². The number of pyridine rings is 1. The smallest absolute Gasteiger partial charge is 0.287 e. The summed E-state index contributed by atoms with van der Waals surface area (Å²) in [5.74, 6) is 0.772. The third-order valence-corrected chi connectivity index (χ3v) is 4.77. The molecule has 1 amide bonds. The number of carbonyl (C=O) groups excluding carboxylic acids is 1. The highest BCUT2D eigenvalue weighted by Crippen LogP contribution is 2.20. The van der Waals surface area contributed by atoms with E-state index in [0.717, 1.165) is 9.75 Å². The summed E-state index contributed by atoms with van der Waals surface area (Å²) in [6.45, 7) is 4.56. The molecule has 7 nitrogen and oxygen atoms in total. The SMILES string of the molecule is Cc1ccc(C(=O)N2CCN(c3ccc([N+](=O)[O-])cn3)CC2)s1. The zero-order valence-corrected chi connectivity index (χ0v) is 13.5. The van der Waals surface area contributed by atoms with E-state index in [1.807, 2.05) is 28.9 Å². The van der Waals surface area contributed by atoms with Crippen molar-refractivity contribution in [2.24, 2.45) is 0 Å². The maximum atomic E-state index is 12.4. The molecule has 2 aromatic rings. The maximum Gasteiger partial charge on any atom is 0.287 e. The summed E-state index contributed by atoms with van der Waals surface area (Å²) in [6.07, 6.45) is 1.27. The molecule has 3 heterocycles. The number of rotatable bonds is 3. The van der Waals surface area contributed by atoms with Crippen LogP contribution in [0.4, 0.5) is 11.5 Å². The van der Waals surface area contributed by atoms with Crippen molar-refractivity contribution < 1.29 is 9.72 Å². The monoisotopic (exact) mass is 332 g/mol. The molecule has 23 heavy (non-hydrogen) atoms. The van der Waals surface area contributed by atoms with E-state index in [0.29, 0.717) is 32.0 Å². The molecule has 2 aromatic heterocycles. The van der Waals surface area contributed by atoms with Gasteiger partial charge in [-0.1, -0.05) is 0 Å². The minimum absolute atomic E-state index is 0.0179. The lowest BCUT2D eigenvalue weighted by Gasteiger charge is -2.35. The van der Waals surface area contributed by atoms with Gasteiger partial charge < -0.3 is 9.80 Å². The fourth-order valence-electron chi connectivity index (χ4n) is 2.52. The summed E-state index contributed by atoms with van der Waals surface area (Å²) in [5.41, 5.74) is -0.0179. The summed E-state index contributed by atoms with van der Waals surface area (Å²) in [4.78, 5) is 32.5. The van der Waals surface area contributed by atoms with Crippen LogP contribution in [0, 0.1) is 17.0 Å². The van der Waals surface area contributed by atoms with Gasteiger partial charge >= 0.3 is 0 Å². The van der Waals surface area contributed by atoms with E-state index in [1.54, 1.807) is 6.07 Å². The molecular formula is C15H16N4O3S. The van der Waals surface area contributed by atoms with Gasteiger partial charge in [0.1, 0.15) is 12.0 Å². The van der Waals surface area contributed by atoms with Crippen molar-refractivity contribution in [2.45, 2.75) is 6.92 Å². The van der Waals surface area contributed by atoms with Gasteiger partial charge in [-0.25, -0.2) is 4.98 Å². The molecule has 0 bridgehead atoms. The van der Waals surface area contributed by atoms with Gasteiger partial charge in [0.15, 0.2) is 0 Å². The normalized spacial score (nSPS) is 14.8. The average molecular weight is 332 g/mol. The number of amides is 1. The third kappa shape index (κ3) is 3.31. The molecule has 1 aliphatic heterocycles. The second-order valence-corrected chi connectivity index (χ2v) is 6.61. The second kappa shape index (κ2) is 6.33. The van der Waals surface area contributed by atoms with Crippen molar-refractivity contribution in [3.8, 4) is 0 Å². The van der Waals surface area contributed by atoms with Gasteiger partial charge in [0, 0.05) is 37.1 Å². The van der Waals surface area contributed by atoms with Gasteiger partial charge in [0.2, 0.25) is 0 Å². The van der Waals surface area contributed by atoms with Crippen LogP contribution in [0.15, 0.2) is 30.5 Å². The Hall–Kier alpha value is -2.48. The Bertz CT molecular complexity index is 721. The Morgan fingerprint density at radius 2 is 1.96 bits per heavy atom. The fourth-order valence-corrected chi connectivity index (χ4v) is 3.35. The van der Waals surface area contributed by atoms with Gasteiger partial charge in [-0.3, -0.25) is 14.9 Å². The molecule has 1 aliphatic rings. The lowest BCUT2D eigenvalue weighted by Crippen LogP contribution is -2.48. The molecule has 1 saturated heterocycles. The summed E-state index contributed by atoms with van der Waals surface area (Å²) < 4.78 is 0. The van der Waals surface area contributed by atoms with Crippen LogP contribution in [0.3, 0.4) is 0 Å². The minimum Gasteiger partial charge on any atom is -0.353 e. The van der Waals surface area contributed by atoms with E-state index in [2.05, 4.69) is 4.98 Å². The molecule has 0 aliphatic carbocycles. The van der Waals surface area contributed by atoms with Crippen LogP contribution in [0.2, 0.25) is 0 Å². The molecule has 0 radical (unpaired) electrons. The molecule has 0 N–H and O–H groups in total. The first kappa shape index (κ1) is 15.4. The number of hydrogen-bond acceptors (Lipinski definition) is 6. The van der Waals surface area contributed by atoms with Crippen molar-refractivity contribution in [3.05, 3.63) is 50.3 Å². The van der Waals surface area contributed by atoms with Crippen molar-refractivity contribution >= 4 is 28.7 Å². The van der Waals surface area contributed by atoms with E-state index >= 15 is 0 Å². The lowest BCUT2D eigenvalue weighted by atomic mass is 10.2. The van der Waals surface area contributed by atoms with Crippen LogP contribution in [-0.2, 0) is 0 Å². The highest BCUT2D eigenvalue weighted by atomic mass is 32.1. The van der Waals surface area contributed by atoms with Crippen molar-refractivity contribution in [2.75, 3.05) is 31.1 Å². The highest BCUT2D eigenvalue weighted by Gasteiger charge is 2.23. The first-order valence-electron chi connectivity index (χ1n) is 7.26. The summed E-state index contributed by atoms with van der Waals surface area (Å²) in [5, 5.41) is 10.7. The van der Waals surface area contributed by atoms with Gasteiger partial charge in [-0.15, -0.1) is 11.3 Å². The average Bonchev–Trinajstić information content (AvgIpc) is 3.01. The summed E-state index contributed by atoms with van der Waals surface area (Å²) in [7, 11) is 0. The van der Waals surface area contributed by atoms with Gasteiger partial charge in [-0.2, -0.15) is 0 Å². The molecule has 8 heteroatoms. The lowest BCUT2D eigenvalue weighted by molar-refractivity contribution is -0.385. The van der Waals surface area contributed by atoms with Gasteiger partial charge in [0.25, 0.3) is 11.6 Å². The van der Waals surface area contributed by atoms with Crippen LogP contribution < -0.4 is 4.90 Å². The summed E-state index contributed by atoms with van der Waals surface area (Å²) in [6, 6.07) is 6.92. The highest BCUT2D eigenvalue weighted by molar-refractivity contribution is 7.13. The molecule has 0 saturated carbocycles. The Balaban J connectivity index is 1.61. The minimum atomic E-state index is -0.462. The molecular weight excluding hydrogens is 316 g/mol. The van der Waals surface area contributed by atoms with E-state index < -0.39 is 4.92 Å². The maximum absolute atomic E-state index is 12.4. The van der Waals surface area contributed by atoms with Crippen molar-refractivity contribution in [1.82, 2.24) is 9.88 Å². The predicted octanol–water partition coefficient (Wildman–Crippen LogP) is 2.32. The Morgan fingerprint density at radius 3 is 2.48 bits per heavy atom. The van der Waals surface area contributed by atoms with Crippen LogP contribution in [0.25, 0.3) is 0 Å². The number of anilines is 1. The van der Waals surface area contributed by atoms with E-state index in [9.17, 15) is 14.9 Å². The number of aromatic nitrogens is 1. The quantitative estimate of drug-likeness (QED) is 0.636. The first-order valence-corrected chi connectivity index (χ1v) is 8.07. The standard InChI is InChI=1S/C15H16N4O3S/c1-11-2-4-13(23-11)15(20)18-8-6-17(7-9-18)14-5-3-12(10-16-14)19(21)22/h2-5,10H,6-9H2,1H3. The number of nitro groups is 1. The molecule has 0 atom stereocenters. The number of thiophene rings is 1. The second-order valence-electron chi connectivity index (χ2n) is 5.32. The van der Waals surface area contributed by atoms with Crippen LogP contribution in [0.1, 0.15) is 14.5 Å². The Labute approximate surface area is 137 Å². The third-order valence-electron chi connectivity index (χ3n) is 3.79. The molecule has 0 unspecified atom stereocenters. The van der Waals surface area contributed by atoms with Crippen LogP contribution in [0.5, 0.6) is 0 Å². The van der Waals surface area contributed by atoms with Crippen molar-refractivity contribution in [1.29, 1.82) is 0 Å². The Kier molecular flexibility index (Phi) is 4.24. The van der Waals surface area contributed by atoms with E-state index in [-0.39, 0.29) is 11.6 Å². The summed E-state index contributed by atoms with van der Waals surface area (Å²) >= 11 is 1.51. The zero-order chi connectivity index (χ0) is 16.4. The molecule has 3 rings (SSSR count). The van der Waals surface area contributed by atoms with Crippen molar-refractivity contribution in [3.63, 3.8) is 0 Å². The predicted molar refractivity (Wildman–Crippen MR) is 88.1 cm³/mol. The number of nitrogens with zero attached hydrogens (tertiary/aromatic N) is 4. The van der Waals surface area contributed by atoms with Crippen LogP contribution in [-0.4, -0.2) is 46.9 Å². The fraction of sp³-hybridized carbons (Fsp3) is 0.333. The van der Waals surface area contributed by atoms with Gasteiger partial charge in [-0.05, 0) is 25.1 Å². The first-order chi connectivity index (χ1) is 11.0. The van der Waals surface area contributed by atoms with E-state index in [1.165, 1.54) is 23.6 Å². The number of aryl methyl sites for hydroxylation is 1. The number of hydrogen-bond donors (Lipinski definition) is 0.